The maximum absolute atomic E-state index is 2.48. The van der Waals surface area contributed by atoms with E-state index in [1.165, 1.54) is 19.3 Å². The molecule has 0 heteroatoms. The van der Waals surface area contributed by atoms with Crippen molar-refractivity contribution in [2.45, 2.75) is 52.9 Å². The summed E-state index contributed by atoms with van der Waals surface area (Å²) in [6, 6.07) is 0. The highest BCUT2D eigenvalue weighted by Crippen LogP contribution is 2.58. The van der Waals surface area contributed by atoms with Crippen molar-refractivity contribution in [3.63, 3.8) is 0 Å². The van der Waals surface area contributed by atoms with Gasteiger partial charge in [-0.25, -0.2) is 0 Å². The average molecular weight is 180 g/mol. The van der Waals surface area contributed by atoms with Crippen LogP contribution in [0, 0.1) is 29.6 Å². The summed E-state index contributed by atoms with van der Waals surface area (Å²) in [4.78, 5) is 0. The third kappa shape index (κ3) is 1.43. The maximum atomic E-state index is 2.48. The van der Waals surface area contributed by atoms with Gasteiger partial charge in [0.2, 0.25) is 0 Å². The number of hydrogen-bond acceptors (Lipinski definition) is 0. The summed E-state index contributed by atoms with van der Waals surface area (Å²) >= 11 is 0. The van der Waals surface area contributed by atoms with Gasteiger partial charge in [0.25, 0.3) is 0 Å². The highest BCUT2D eigenvalue weighted by Gasteiger charge is 2.51. The van der Waals surface area contributed by atoms with E-state index in [2.05, 4.69) is 20.8 Å². The zero-order valence-electron chi connectivity index (χ0n) is 9.42. The topological polar surface area (TPSA) is 0 Å². The number of hydrogen-bond donors (Lipinski definition) is 0. The van der Waals surface area contributed by atoms with Gasteiger partial charge in [0.1, 0.15) is 0 Å². The summed E-state index contributed by atoms with van der Waals surface area (Å²) in [6.07, 6.45) is 7.47. The summed E-state index contributed by atoms with van der Waals surface area (Å²) in [6.45, 7) is 7.27. The fraction of sp³-hybridized carbons (Fsp3) is 1.00. The normalized spacial score (nSPS) is 48.7. The number of fused-ring (bicyclic) bond motifs is 1. The molecule has 0 radical (unpaired) electrons. The van der Waals surface area contributed by atoms with Gasteiger partial charge in [-0.2, -0.15) is 0 Å². The highest BCUT2D eigenvalue weighted by atomic mass is 14.6. The minimum atomic E-state index is 1.04. The summed E-state index contributed by atoms with van der Waals surface area (Å²) in [5.74, 6) is 5.43. The van der Waals surface area contributed by atoms with Crippen LogP contribution in [0.5, 0.6) is 0 Å². The Hall–Kier alpha value is 0. The molecule has 2 aliphatic rings. The Morgan fingerprint density at radius 3 is 2.54 bits per heavy atom. The molecule has 0 aromatic rings. The predicted molar refractivity (Wildman–Crippen MR) is 57.6 cm³/mol. The molecule has 2 rings (SSSR count). The fourth-order valence-electron chi connectivity index (χ4n) is 3.97. The van der Waals surface area contributed by atoms with Crippen molar-refractivity contribution in [3.8, 4) is 0 Å². The van der Waals surface area contributed by atoms with E-state index < -0.39 is 0 Å². The molecular formula is C13H24. The van der Waals surface area contributed by atoms with Crippen molar-refractivity contribution < 1.29 is 0 Å². The first-order chi connectivity index (χ1) is 6.25. The molecule has 13 heavy (non-hydrogen) atoms. The molecule has 0 aliphatic heterocycles. The standard InChI is InChI=1S/C13H24/c1-4-5-6-11-7-8-12-9(2)10(3)13(11)12/h9-13H,4-8H2,1-3H3. The second-order valence-corrected chi connectivity index (χ2v) is 5.44. The molecule has 0 saturated heterocycles. The van der Waals surface area contributed by atoms with Crippen molar-refractivity contribution in [2.24, 2.45) is 29.6 Å². The lowest BCUT2D eigenvalue weighted by atomic mass is 9.57. The Morgan fingerprint density at radius 2 is 1.85 bits per heavy atom. The first kappa shape index (κ1) is 9.55. The van der Waals surface area contributed by atoms with Gasteiger partial charge in [-0.1, -0.05) is 40.0 Å². The molecule has 0 spiro atoms. The van der Waals surface area contributed by atoms with Gasteiger partial charge in [-0.3, -0.25) is 0 Å². The van der Waals surface area contributed by atoms with Crippen molar-refractivity contribution in [2.75, 3.05) is 0 Å². The third-order valence-electron chi connectivity index (χ3n) is 4.95. The van der Waals surface area contributed by atoms with E-state index in [0.717, 1.165) is 29.6 Å². The highest BCUT2D eigenvalue weighted by molar-refractivity contribution is 5.00. The van der Waals surface area contributed by atoms with E-state index in [0.29, 0.717) is 0 Å². The smallest absolute Gasteiger partial charge is 0.0326 e. The van der Waals surface area contributed by atoms with Gasteiger partial charge in [-0.15, -0.1) is 0 Å². The quantitative estimate of drug-likeness (QED) is 0.613. The van der Waals surface area contributed by atoms with Gasteiger partial charge in [0.15, 0.2) is 0 Å². The van der Waals surface area contributed by atoms with Crippen molar-refractivity contribution in [1.82, 2.24) is 0 Å². The Morgan fingerprint density at radius 1 is 1.08 bits per heavy atom. The SMILES string of the molecule is CCCCC1CCC2C(C)C(C)C12. The number of rotatable bonds is 3. The molecule has 2 saturated carbocycles. The van der Waals surface area contributed by atoms with E-state index in [9.17, 15) is 0 Å². The monoisotopic (exact) mass is 180 g/mol. The molecule has 5 atom stereocenters. The molecule has 76 valence electrons. The largest absolute Gasteiger partial charge is 0.0654 e. The maximum Gasteiger partial charge on any atom is -0.0326 e. The summed E-state index contributed by atoms with van der Waals surface area (Å²) in [7, 11) is 0. The van der Waals surface area contributed by atoms with Gasteiger partial charge in [0.05, 0.1) is 0 Å². The molecule has 0 amide bonds. The van der Waals surface area contributed by atoms with E-state index in [-0.39, 0.29) is 0 Å². The van der Waals surface area contributed by atoms with Crippen molar-refractivity contribution in [1.29, 1.82) is 0 Å². The first-order valence-corrected chi connectivity index (χ1v) is 6.25. The van der Waals surface area contributed by atoms with E-state index >= 15 is 0 Å². The van der Waals surface area contributed by atoms with Crippen LogP contribution in [0.4, 0.5) is 0 Å². The molecular weight excluding hydrogens is 156 g/mol. The van der Waals surface area contributed by atoms with Crippen molar-refractivity contribution in [3.05, 3.63) is 0 Å². The zero-order valence-corrected chi connectivity index (χ0v) is 9.42. The van der Waals surface area contributed by atoms with Crippen LogP contribution in [0.15, 0.2) is 0 Å². The summed E-state index contributed by atoms with van der Waals surface area (Å²) < 4.78 is 0. The molecule has 0 nitrogen and oxygen atoms in total. The summed E-state index contributed by atoms with van der Waals surface area (Å²) in [5, 5.41) is 0. The molecule has 0 aromatic heterocycles. The summed E-state index contributed by atoms with van der Waals surface area (Å²) in [5.41, 5.74) is 0. The second-order valence-electron chi connectivity index (χ2n) is 5.44. The lowest BCUT2D eigenvalue weighted by molar-refractivity contribution is 0.00118. The Kier molecular flexibility index (Phi) is 2.67. The average Bonchev–Trinajstić information content (AvgIpc) is 2.53. The van der Waals surface area contributed by atoms with Gasteiger partial charge in [-0.05, 0) is 42.4 Å². The lowest BCUT2D eigenvalue weighted by Gasteiger charge is -2.48. The van der Waals surface area contributed by atoms with Crippen LogP contribution in [0.25, 0.3) is 0 Å². The predicted octanol–water partition coefficient (Wildman–Crippen LogP) is 4.10. The van der Waals surface area contributed by atoms with E-state index in [1.54, 1.807) is 12.8 Å². The van der Waals surface area contributed by atoms with Crippen LogP contribution in [-0.4, -0.2) is 0 Å². The lowest BCUT2D eigenvalue weighted by Crippen LogP contribution is -2.42. The fourth-order valence-corrected chi connectivity index (χ4v) is 3.97. The van der Waals surface area contributed by atoms with Gasteiger partial charge < -0.3 is 0 Å². The Balaban J connectivity index is 1.87. The van der Waals surface area contributed by atoms with Crippen LogP contribution in [0.3, 0.4) is 0 Å². The van der Waals surface area contributed by atoms with Gasteiger partial charge in [0, 0.05) is 0 Å². The second kappa shape index (κ2) is 3.63. The Labute approximate surface area is 83.1 Å². The van der Waals surface area contributed by atoms with E-state index in [4.69, 9.17) is 0 Å². The van der Waals surface area contributed by atoms with Gasteiger partial charge >= 0.3 is 0 Å². The van der Waals surface area contributed by atoms with Crippen LogP contribution in [0.2, 0.25) is 0 Å². The third-order valence-corrected chi connectivity index (χ3v) is 4.95. The minimum Gasteiger partial charge on any atom is -0.0654 e. The minimum absolute atomic E-state index is 1.04. The molecule has 0 aromatic carbocycles. The van der Waals surface area contributed by atoms with Crippen LogP contribution in [-0.2, 0) is 0 Å². The molecule has 0 N–H and O–H groups in total. The van der Waals surface area contributed by atoms with Crippen LogP contribution >= 0.6 is 0 Å². The number of unbranched alkanes of at least 4 members (excludes halogenated alkanes) is 1. The molecule has 2 aliphatic carbocycles. The van der Waals surface area contributed by atoms with Crippen LogP contribution in [0.1, 0.15) is 52.9 Å². The zero-order chi connectivity index (χ0) is 9.42. The first-order valence-electron chi connectivity index (χ1n) is 6.25. The molecule has 0 heterocycles. The molecule has 2 fully saturated rings. The van der Waals surface area contributed by atoms with Crippen molar-refractivity contribution >= 4 is 0 Å². The van der Waals surface area contributed by atoms with Crippen LogP contribution < -0.4 is 0 Å². The molecule has 0 bridgehead atoms. The Bertz CT molecular complexity index is 173. The molecule has 5 unspecified atom stereocenters. The van der Waals surface area contributed by atoms with E-state index in [1.807, 2.05) is 0 Å².